The number of pyridine rings is 1. The largest absolute Gasteiger partial charge is 0.395 e. The van der Waals surface area contributed by atoms with Crippen molar-refractivity contribution in [2.75, 3.05) is 18.5 Å². The molecule has 2 N–H and O–H groups in total. The molecule has 0 spiro atoms. The summed E-state index contributed by atoms with van der Waals surface area (Å²) < 4.78 is 0. The lowest BCUT2D eigenvalue weighted by Gasteiger charge is -2.06. The van der Waals surface area contributed by atoms with Crippen LogP contribution in [-0.4, -0.2) is 23.2 Å². The van der Waals surface area contributed by atoms with E-state index in [0.717, 1.165) is 5.56 Å². The first-order valence-electron chi connectivity index (χ1n) is 4.00. The van der Waals surface area contributed by atoms with Gasteiger partial charge in [-0.05, 0) is 18.6 Å². The van der Waals surface area contributed by atoms with Gasteiger partial charge < -0.3 is 10.4 Å². The smallest absolute Gasteiger partial charge is 0.144 e. The van der Waals surface area contributed by atoms with E-state index in [-0.39, 0.29) is 6.61 Å². The number of aliphatic hydroxyl groups is 1. The van der Waals surface area contributed by atoms with Gasteiger partial charge in [-0.15, -0.1) is 0 Å². The lowest BCUT2D eigenvalue weighted by atomic mass is 10.1. The molecule has 4 nitrogen and oxygen atoms in total. The van der Waals surface area contributed by atoms with Gasteiger partial charge in [0.1, 0.15) is 11.9 Å². The van der Waals surface area contributed by atoms with E-state index in [1.54, 1.807) is 12.3 Å². The Hall–Kier alpha value is -1.60. The third-order valence-electron chi connectivity index (χ3n) is 1.68. The van der Waals surface area contributed by atoms with Crippen molar-refractivity contribution in [3.8, 4) is 6.07 Å². The number of nitrogens with zero attached hydrogens (tertiary/aromatic N) is 2. The van der Waals surface area contributed by atoms with Gasteiger partial charge in [-0.2, -0.15) is 5.26 Å². The molecule has 0 radical (unpaired) electrons. The van der Waals surface area contributed by atoms with E-state index < -0.39 is 0 Å². The highest BCUT2D eigenvalue weighted by Crippen LogP contribution is 2.14. The lowest BCUT2D eigenvalue weighted by Crippen LogP contribution is -2.08. The number of aromatic nitrogens is 1. The van der Waals surface area contributed by atoms with Crippen molar-refractivity contribution in [3.05, 3.63) is 23.4 Å². The summed E-state index contributed by atoms with van der Waals surface area (Å²) in [6, 6.07) is 3.85. The third-order valence-corrected chi connectivity index (χ3v) is 1.68. The van der Waals surface area contributed by atoms with Gasteiger partial charge in [0.15, 0.2) is 0 Å². The van der Waals surface area contributed by atoms with Crippen LogP contribution in [0.3, 0.4) is 0 Å². The van der Waals surface area contributed by atoms with E-state index in [1.807, 2.05) is 6.92 Å². The van der Waals surface area contributed by atoms with E-state index in [9.17, 15) is 0 Å². The molecule has 0 bridgehead atoms. The minimum Gasteiger partial charge on any atom is -0.395 e. The van der Waals surface area contributed by atoms with Gasteiger partial charge >= 0.3 is 0 Å². The Kier molecular flexibility index (Phi) is 3.23. The zero-order chi connectivity index (χ0) is 9.68. The minimum absolute atomic E-state index is 0.0283. The van der Waals surface area contributed by atoms with Crippen molar-refractivity contribution < 1.29 is 5.11 Å². The van der Waals surface area contributed by atoms with E-state index in [1.165, 1.54) is 0 Å². The maximum absolute atomic E-state index is 8.81. The number of aliphatic hydroxyl groups excluding tert-OH is 1. The van der Waals surface area contributed by atoms with E-state index >= 15 is 0 Å². The number of nitriles is 1. The first-order chi connectivity index (χ1) is 6.29. The van der Waals surface area contributed by atoms with Gasteiger partial charge in [0.2, 0.25) is 0 Å². The van der Waals surface area contributed by atoms with Crippen molar-refractivity contribution in [2.24, 2.45) is 0 Å². The van der Waals surface area contributed by atoms with Gasteiger partial charge in [-0.1, -0.05) is 0 Å². The summed E-state index contributed by atoms with van der Waals surface area (Å²) in [7, 11) is 0. The highest BCUT2D eigenvalue weighted by atomic mass is 16.3. The maximum Gasteiger partial charge on any atom is 0.144 e. The Morgan fingerprint density at radius 3 is 3.08 bits per heavy atom. The Morgan fingerprint density at radius 1 is 1.69 bits per heavy atom. The molecular weight excluding hydrogens is 166 g/mol. The van der Waals surface area contributed by atoms with Gasteiger partial charge in [0.25, 0.3) is 0 Å². The van der Waals surface area contributed by atoms with Crippen molar-refractivity contribution in [2.45, 2.75) is 6.92 Å². The fourth-order valence-corrected chi connectivity index (χ4v) is 1.01. The monoisotopic (exact) mass is 177 g/mol. The van der Waals surface area contributed by atoms with Gasteiger partial charge in [0.05, 0.1) is 12.2 Å². The molecule has 1 rings (SSSR count). The molecule has 0 fully saturated rings. The second-order valence-electron chi connectivity index (χ2n) is 2.61. The molecule has 0 atom stereocenters. The van der Waals surface area contributed by atoms with Crippen LogP contribution in [0.1, 0.15) is 11.1 Å². The number of hydrogen-bond acceptors (Lipinski definition) is 4. The topological polar surface area (TPSA) is 68.9 Å². The third kappa shape index (κ3) is 2.17. The Bertz CT molecular complexity index is 330. The summed E-state index contributed by atoms with van der Waals surface area (Å²) in [6.07, 6.45) is 1.63. The van der Waals surface area contributed by atoms with E-state index in [4.69, 9.17) is 10.4 Å². The molecular formula is C9H11N3O. The zero-order valence-corrected chi connectivity index (χ0v) is 7.41. The molecule has 13 heavy (non-hydrogen) atoms. The minimum atomic E-state index is 0.0283. The molecule has 0 saturated heterocycles. The van der Waals surface area contributed by atoms with Crippen molar-refractivity contribution in [1.29, 1.82) is 5.26 Å². The average Bonchev–Trinajstić information content (AvgIpc) is 2.15. The lowest BCUT2D eigenvalue weighted by molar-refractivity contribution is 0.311. The first kappa shape index (κ1) is 9.49. The van der Waals surface area contributed by atoms with Crippen LogP contribution < -0.4 is 5.32 Å². The van der Waals surface area contributed by atoms with Crippen LogP contribution in [0.15, 0.2) is 12.3 Å². The van der Waals surface area contributed by atoms with E-state index in [2.05, 4.69) is 16.4 Å². The molecule has 0 aromatic carbocycles. The van der Waals surface area contributed by atoms with Crippen LogP contribution in [0.2, 0.25) is 0 Å². The number of anilines is 1. The molecule has 0 saturated carbocycles. The van der Waals surface area contributed by atoms with Crippen molar-refractivity contribution in [1.82, 2.24) is 4.98 Å². The second-order valence-corrected chi connectivity index (χ2v) is 2.61. The molecule has 0 amide bonds. The summed E-state index contributed by atoms with van der Waals surface area (Å²) in [5, 5.41) is 20.3. The Morgan fingerprint density at radius 2 is 2.46 bits per heavy atom. The molecule has 0 aliphatic heterocycles. The normalized spacial score (nSPS) is 9.31. The predicted molar refractivity (Wildman–Crippen MR) is 49.3 cm³/mol. The maximum atomic E-state index is 8.81. The highest BCUT2D eigenvalue weighted by Gasteiger charge is 2.04. The van der Waals surface area contributed by atoms with Crippen LogP contribution in [-0.2, 0) is 0 Å². The summed E-state index contributed by atoms with van der Waals surface area (Å²) >= 11 is 0. The van der Waals surface area contributed by atoms with Crippen LogP contribution in [0, 0.1) is 18.3 Å². The number of nitrogens with one attached hydrogen (secondary N) is 1. The van der Waals surface area contributed by atoms with Crippen molar-refractivity contribution >= 4 is 5.82 Å². The zero-order valence-electron chi connectivity index (χ0n) is 7.41. The Labute approximate surface area is 76.8 Å². The predicted octanol–water partition coefficient (Wildman–Crippen LogP) is 0.666. The molecule has 1 aromatic heterocycles. The SMILES string of the molecule is Cc1ccnc(NCCO)c1C#N. The Balaban J connectivity index is 2.93. The van der Waals surface area contributed by atoms with Crippen LogP contribution in [0.25, 0.3) is 0 Å². The first-order valence-corrected chi connectivity index (χ1v) is 4.00. The fraction of sp³-hybridized carbons (Fsp3) is 0.333. The van der Waals surface area contributed by atoms with Gasteiger partial charge in [-0.3, -0.25) is 0 Å². The molecule has 68 valence electrons. The van der Waals surface area contributed by atoms with Crippen LogP contribution in [0.5, 0.6) is 0 Å². The number of rotatable bonds is 3. The molecule has 0 aliphatic rings. The van der Waals surface area contributed by atoms with E-state index in [0.29, 0.717) is 17.9 Å². The highest BCUT2D eigenvalue weighted by molar-refractivity contribution is 5.55. The second kappa shape index (κ2) is 4.43. The fourth-order valence-electron chi connectivity index (χ4n) is 1.01. The van der Waals surface area contributed by atoms with Gasteiger partial charge in [0, 0.05) is 12.7 Å². The number of hydrogen-bond donors (Lipinski definition) is 2. The standard InChI is InChI=1S/C9H11N3O/c1-7-2-3-11-9(8(7)6-10)12-4-5-13/h2-3,13H,4-5H2,1H3,(H,11,12). The summed E-state index contributed by atoms with van der Waals surface area (Å²) in [5.41, 5.74) is 1.42. The van der Waals surface area contributed by atoms with Crippen LogP contribution in [0.4, 0.5) is 5.82 Å². The van der Waals surface area contributed by atoms with Crippen molar-refractivity contribution in [3.63, 3.8) is 0 Å². The molecule has 4 heteroatoms. The van der Waals surface area contributed by atoms with Crippen LogP contribution >= 0.6 is 0 Å². The van der Waals surface area contributed by atoms with Gasteiger partial charge in [-0.25, -0.2) is 4.98 Å². The molecule has 0 unspecified atom stereocenters. The summed E-state index contributed by atoms with van der Waals surface area (Å²) in [4.78, 5) is 4.00. The molecule has 0 aliphatic carbocycles. The summed E-state index contributed by atoms with van der Waals surface area (Å²) in [5.74, 6) is 0.538. The average molecular weight is 177 g/mol. The quantitative estimate of drug-likeness (QED) is 0.711. The number of aryl methyl sites for hydroxylation is 1. The molecule has 1 aromatic rings. The summed E-state index contributed by atoms with van der Waals surface area (Å²) in [6.45, 7) is 2.29. The molecule has 1 heterocycles.